The van der Waals surface area contributed by atoms with Crippen LogP contribution in [0.15, 0.2) is 231 Å². The Kier molecular flexibility index (Phi) is 8.72. The van der Waals surface area contributed by atoms with E-state index in [1.165, 1.54) is 81.6 Å². The Morgan fingerprint density at radius 2 is 0.746 bits per heavy atom. The fourth-order valence-corrected chi connectivity index (χ4v) is 9.77. The summed E-state index contributed by atoms with van der Waals surface area (Å²) in [6.07, 6.45) is 0. The highest BCUT2D eigenvalue weighted by atomic mass is 32.1. The van der Waals surface area contributed by atoms with Crippen LogP contribution in [0.5, 0.6) is 0 Å². The van der Waals surface area contributed by atoms with Crippen molar-refractivity contribution >= 4 is 54.3 Å². The van der Waals surface area contributed by atoms with Gasteiger partial charge in [-0.25, -0.2) is 0 Å². The first-order valence-corrected chi connectivity index (χ1v) is 20.9. The molecule has 2 aromatic heterocycles. The van der Waals surface area contributed by atoms with Crippen molar-refractivity contribution in [3.8, 4) is 55.6 Å². The maximum absolute atomic E-state index is 2.44. The molecule has 0 N–H and O–H groups in total. The van der Waals surface area contributed by atoms with Crippen LogP contribution < -0.4 is 4.90 Å². The zero-order valence-electron chi connectivity index (χ0n) is 32.2. The van der Waals surface area contributed by atoms with Gasteiger partial charge in [0.1, 0.15) is 4.83 Å². The van der Waals surface area contributed by atoms with Gasteiger partial charge >= 0.3 is 0 Å². The maximum Gasteiger partial charge on any atom is 0.109 e. The summed E-state index contributed by atoms with van der Waals surface area (Å²) in [4.78, 5) is 3.64. The van der Waals surface area contributed by atoms with E-state index in [2.05, 4.69) is 240 Å². The first-order chi connectivity index (χ1) is 29.2. The molecule has 0 spiro atoms. The minimum atomic E-state index is 1.11. The summed E-state index contributed by atoms with van der Waals surface area (Å²) >= 11 is 1.88. The van der Waals surface area contributed by atoms with E-state index in [0.717, 1.165) is 17.1 Å². The molecular weight excluding hydrogens is 733 g/mol. The van der Waals surface area contributed by atoms with Crippen molar-refractivity contribution in [2.75, 3.05) is 4.90 Å². The van der Waals surface area contributed by atoms with Crippen LogP contribution in [0.4, 0.5) is 17.1 Å². The Labute approximate surface area is 348 Å². The van der Waals surface area contributed by atoms with Crippen LogP contribution in [0.1, 0.15) is 0 Å². The van der Waals surface area contributed by atoms with E-state index in [1.54, 1.807) is 0 Å². The average Bonchev–Trinajstić information content (AvgIpc) is 3.85. The molecule has 2 nitrogen and oxygen atoms in total. The molecule has 0 saturated carbocycles. The largest absolute Gasteiger partial charge is 0.310 e. The van der Waals surface area contributed by atoms with Crippen LogP contribution in [0.25, 0.3) is 81.6 Å². The predicted molar refractivity (Wildman–Crippen MR) is 252 cm³/mol. The molecule has 0 atom stereocenters. The van der Waals surface area contributed by atoms with Crippen molar-refractivity contribution in [1.29, 1.82) is 0 Å². The molecule has 0 bridgehead atoms. The third-order valence-corrected chi connectivity index (χ3v) is 12.5. The molecule has 278 valence electrons. The van der Waals surface area contributed by atoms with Gasteiger partial charge < -0.3 is 4.90 Å². The van der Waals surface area contributed by atoms with Crippen LogP contribution in [-0.4, -0.2) is 4.40 Å². The van der Waals surface area contributed by atoms with E-state index in [1.807, 2.05) is 11.3 Å². The molecule has 0 aliphatic heterocycles. The number of nitrogens with zero attached hydrogens (tertiary/aromatic N) is 2. The van der Waals surface area contributed by atoms with E-state index in [-0.39, 0.29) is 0 Å². The van der Waals surface area contributed by atoms with E-state index in [4.69, 9.17) is 0 Å². The van der Waals surface area contributed by atoms with Gasteiger partial charge in [0.25, 0.3) is 0 Å². The van der Waals surface area contributed by atoms with Gasteiger partial charge in [-0.05, 0) is 105 Å². The quantitative estimate of drug-likeness (QED) is 0.149. The summed E-state index contributed by atoms with van der Waals surface area (Å²) in [7, 11) is 0. The monoisotopic (exact) mass is 770 g/mol. The number of anilines is 3. The molecule has 11 rings (SSSR count). The number of rotatable bonds is 8. The summed E-state index contributed by atoms with van der Waals surface area (Å²) < 4.78 is 3.72. The van der Waals surface area contributed by atoms with Gasteiger partial charge in [0.2, 0.25) is 0 Å². The molecule has 0 saturated heterocycles. The third-order valence-electron chi connectivity index (χ3n) is 11.4. The second-order valence-corrected chi connectivity index (χ2v) is 16.0. The fraction of sp³-hybridized carbons (Fsp3) is 0. The predicted octanol–water partition coefficient (Wildman–Crippen LogP) is 16.1. The van der Waals surface area contributed by atoms with Crippen LogP contribution in [-0.2, 0) is 0 Å². The van der Waals surface area contributed by atoms with Gasteiger partial charge in [-0.15, -0.1) is 11.3 Å². The highest BCUT2D eigenvalue weighted by Crippen LogP contribution is 2.43. The summed E-state index contributed by atoms with van der Waals surface area (Å²) in [5.41, 5.74) is 18.0. The van der Waals surface area contributed by atoms with E-state index in [9.17, 15) is 0 Å². The highest BCUT2D eigenvalue weighted by molar-refractivity contribution is 7.24. The van der Waals surface area contributed by atoms with Crippen molar-refractivity contribution in [3.63, 3.8) is 0 Å². The Hall–Kier alpha value is -7.46. The second kappa shape index (κ2) is 14.8. The number of fused-ring (bicyclic) bond motifs is 5. The van der Waals surface area contributed by atoms with Crippen LogP contribution in [0.3, 0.4) is 0 Å². The number of hydrogen-bond donors (Lipinski definition) is 0. The molecule has 0 unspecified atom stereocenters. The smallest absolute Gasteiger partial charge is 0.109 e. The van der Waals surface area contributed by atoms with Gasteiger partial charge in [0.15, 0.2) is 0 Å². The summed E-state index contributed by atoms with van der Waals surface area (Å²) in [6, 6.07) is 83.3. The van der Waals surface area contributed by atoms with Gasteiger partial charge in [0, 0.05) is 28.0 Å². The van der Waals surface area contributed by atoms with Crippen molar-refractivity contribution < 1.29 is 0 Å². The maximum atomic E-state index is 2.44. The first-order valence-electron chi connectivity index (χ1n) is 20.1. The Morgan fingerprint density at radius 1 is 0.305 bits per heavy atom. The third kappa shape index (κ3) is 6.39. The van der Waals surface area contributed by atoms with E-state index >= 15 is 0 Å². The number of benzene rings is 9. The summed E-state index contributed by atoms with van der Waals surface area (Å²) in [5.74, 6) is 0. The van der Waals surface area contributed by atoms with Gasteiger partial charge in [0.05, 0.1) is 15.7 Å². The molecule has 0 aliphatic carbocycles. The second-order valence-electron chi connectivity index (χ2n) is 15.0. The van der Waals surface area contributed by atoms with E-state index < -0.39 is 0 Å². The molecule has 0 amide bonds. The van der Waals surface area contributed by atoms with Gasteiger partial charge in [-0.1, -0.05) is 176 Å². The number of hydrogen-bond acceptors (Lipinski definition) is 2. The Morgan fingerprint density at radius 3 is 1.34 bits per heavy atom. The van der Waals surface area contributed by atoms with Crippen molar-refractivity contribution in [3.05, 3.63) is 231 Å². The minimum Gasteiger partial charge on any atom is -0.310 e. The zero-order valence-corrected chi connectivity index (χ0v) is 33.1. The molecule has 0 radical (unpaired) electrons. The van der Waals surface area contributed by atoms with Crippen molar-refractivity contribution in [1.82, 2.24) is 4.40 Å². The topological polar surface area (TPSA) is 7.65 Å². The van der Waals surface area contributed by atoms with Crippen molar-refractivity contribution in [2.24, 2.45) is 0 Å². The number of thiazole rings is 1. The normalized spacial score (nSPS) is 11.4. The molecule has 3 heteroatoms. The van der Waals surface area contributed by atoms with Crippen LogP contribution in [0, 0.1) is 0 Å². The lowest BCUT2D eigenvalue weighted by molar-refractivity contribution is 1.28. The number of para-hydroxylation sites is 1. The van der Waals surface area contributed by atoms with Crippen molar-refractivity contribution in [2.45, 2.75) is 0 Å². The molecule has 11 aromatic rings. The molecule has 0 aliphatic rings. The van der Waals surface area contributed by atoms with Crippen LogP contribution in [0.2, 0.25) is 0 Å². The lowest BCUT2D eigenvalue weighted by Crippen LogP contribution is -2.10. The molecule has 2 heterocycles. The van der Waals surface area contributed by atoms with Gasteiger partial charge in [-0.2, -0.15) is 0 Å². The Balaban J connectivity index is 0.934. The Bertz CT molecular complexity index is 3140. The standard InChI is InChI=1S/C56H38N2S/c1-4-13-39(14-5-1)41-27-32-48(33-28-41)57(49-34-29-42(30-35-49)40-15-6-2-7-16-40)50-20-12-19-46(37-50)43-23-25-44(26-24-43)47-31-36-53-54(38-47)59-56-55(45-17-8-3-9-18-45)51-21-10-11-22-52(51)58(53)56/h1-38H. The van der Waals surface area contributed by atoms with Crippen LogP contribution >= 0.6 is 11.3 Å². The summed E-state index contributed by atoms with van der Waals surface area (Å²) in [6.45, 7) is 0. The molecular formula is C56H38N2S. The SMILES string of the molecule is c1ccc(-c2ccc(N(c3ccc(-c4ccccc4)cc3)c3cccc(-c4ccc(-c5ccc6c(c5)sc5c(-c7ccccc7)c7ccccc7n56)cc4)c3)cc2)cc1. The zero-order chi connectivity index (χ0) is 39.1. The fourth-order valence-electron chi connectivity index (χ4n) is 8.49. The van der Waals surface area contributed by atoms with E-state index in [0.29, 0.717) is 0 Å². The molecule has 59 heavy (non-hydrogen) atoms. The molecule has 9 aromatic carbocycles. The summed E-state index contributed by atoms with van der Waals surface area (Å²) in [5, 5.41) is 1.29. The average molecular weight is 771 g/mol. The molecule has 0 fully saturated rings. The van der Waals surface area contributed by atoms with Gasteiger partial charge in [-0.3, -0.25) is 4.40 Å². The lowest BCUT2D eigenvalue weighted by Gasteiger charge is -2.26. The first kappa shape index (κ1) is 34.8. The minimum absolute atomic E-state index is 1.11. The number of aromatic nitrogens is 1. The highest BCUT2D eigenvalue weighted by Gasteiger charge is 2.19. The lowest BCUT2D eigenvalue weighted by atomic mass is 9.99.